The van der Waals surface area contributed by atoms with Crippen molar-refractivity contribution in [1.82, 2.24) is 5.32 Å². The maximum atomic E-state index is 12.4. The highest BCUT2D eigenvalue weighted by Gasteiger charge is 2.17. The van der Waals surface area contributed by atoms with Crippen molar-refractivity contribution < 1.29 is 13.2 Å². The lowest BCUT2D eigenvalue weighted by molar-refractivity contribution is 0.0939. The number of rotatable bonds is 4. The summed E-state index contributed by atoms with van der Waals surface area (Å²) in [4.78, 5) is 12.3. The second kappa shape index (κ2) is 7.00. The molecule has 0 saturated heterocycles. The van der Waals surface area contributed by atoms with E-state index in [1.807, 2.05) is 19.1 Å². The van der Waals surface area contributed by atoms with Gasteiger partial charge in [0.2, 0.25) is 10.0 Å². The second-order valence-electron chi connectivity index (χ2n) is 4.93. The predicted molar refractivity (Wildman–Crippen MR) is 92.8 cm³/mol. The summed E-state index contributed by atoms with van der Waals surface area (Å²) in [5, 5.41) is 8.51. The fourth-order valence-corrected chi connectivity index (χ4v) is 3.06. The average Bonchev–Trinajstić information content (AvgIpc) is 2.46. The van der Waals surface area contributed by atoms with Crippen LogP contribution in [0.2, 0.25) is 5.02 Å². The van der Waals surface area contributed by atoms with Gasteiger partial charge in [0.15, 0.2) is 0 Å². The molecule has 2 rings (SSSR count). The van der Waals surface area contributed by atoms with Crippen molar-refractivity contribution in [2.75, 3.05) is 0 Å². The predicted octanol–water partition coefficient (Wildman–Crippen LogP) is 3.24. The molecule has 8 heteroatoms. The van der Waals surface area contributed by atoms with Gasteiger partial charge in [-0.3, -0.25) is 4.79 Å². The molecule has 0 bridgehead atoms. The van der Waals surface area contributed by atoms with Crippen LogP contribution in [0, 0.1) is 0 Å². The van der Waals surface area contributed by atoms with Gasteiger partial charge in [-0.1, -0.05) is 23.7 Å². The van der Waals surface area contributed by atoms with Crippen molar-refractivity contribution in [1.29, 1.82) is 0 Å². The quantitative estimate of drug-likeness (QED) is 0.800. The number of nitrogens with two attached hydrogens (primary N) is 1. The Kier molecular flexibility index (Phi) is 5.46. The molecule has 5 nitrogen and oxygen atoms in total. The Bertz CT molecular complexity index is 838. The van der Waals surface area contributed by atoms with Crippen LogP contribution in [0.5, 0.6) is 0 Å². The molecule has 1 amide bonds. The van der Waals surface area contributed by atoms with E-state index in [0.717, 1.165) is 5.56 Å². The molecule has 0 aliphatic carbocycles. The molecule has 0 saturated carbocycles. The van der Waals surface area contributed by atoms with E-state index >= 15 is 0 Å². The number of carbonyl (C=O) groups is 1. The Morgan fingerprint density at radius 1 is 1.22 bits per heavy atom. The number of amides is 1. The van der Waals surface area contributed by atoms with Gasteiger partial charge in [0, 0.05) is 9.50 Å². The fourth-order valence-electron chi connectivity index (χ4n) is 1.96. The van der Waals surface area contributed by atoms with Crippen molar-refractivity contribution in [2.24, 2.45) is 5.14 Å². The van der Waals surface area contributed by atoms with Crippen LogP contribution in [0.3, 0.4) is 0 Å². The normalized spacial score (nSPS) is 12.7. The summed E-state index contributed by atoms with van der Waals surface area (Å²) in [6.07, 6.45) is 0. The standard InChI is InChI=1S/C15H14BrClN2O3S/c1-9(10-2-4-11(17)5-3-10)19-15(20)13-8-12(23(18,21)22)6-7-14(13)16/h2-9H,1H3,(H,19,20)(H2,18,21,22). The van der Waals surface area contributed by atoms with Crippen molar-refractivity contribution in [3.8, 4) is 0 Å². The van der Waals surface area contributed by atoms with E-state index in [0.29, 0.717) is 9.50 Å². The Labute approximate surface area is 148 Å². The van der Waals surface area contributed by atoms with E-state index < -0.39 is 15.9 Å². The molecular formula is C15H14BrClN2O3S. The van der Waals surface area contributed by atoms with E-state index in [-0.39, 0.29) is 16.5 Å². The second-order valence-corrected chi connectivity index (χ2v) is 7.79. The van der Waals surface area contributed by atoms with Crippen molar-refractivity contribution in [2.45, 2.75) is 17.9 Å². The lowest BCUT2D eigenvalue weighted by atomic mass is 10.1. The van der Waals surface area contributed by atoms with E-state index in [2.05, 4.69) is 21.2 Å². The molecule has 122 valence electrons. The molecule has 0 fully saturated rings. The lowest BCUT2D eigenvalue weighted by Gasteiger charge is -2.15. The van der Waals surface area contributed by atoms with Crippen LogP contribution in [0.1, 0.15) is 28.9 Å². The highest BCUT2D eigenvalue weighted by atomic mass is 79.9. The van der Waals surface area contributed by atoms with E-state index in [1.54, 1.807) is 12.1 Å². The first-order chi connectivity index (χ1) is 10.7. The third-order valence-corrected chi connectivity index (χ3v) is 5.08. The summed E-state index contributed by atoms with van der Waals surface area (Å²) in [7, 11) is -3.88. The van der Waals surface area contributed by atoms with E-state index in [4.69, 9.17) is 16.7 Å². The van der Waals surface area contributed by atoms with Crippen LogP contribution < -0.4 is 10.5 Å². The van der Waals surface area contributed by atoms with Crippen LogP contribution in [0.4, 0.5) is 0 Å². The van der Waals surface area contributed by atoms with Gasteiger partial charge in [0.25, 0.3) is 5.91 Å². The number of primary sulfonamides is 1. The van der Waals surface area contributed by atoms with Crippen LogP contribution in [0.25, 0.3) is 0 Å². The smallest absolute Gasteiger partial charge is 0.252 e. The molecule has 3 N–H and O–H groups in total. The molecule has 0 aliphatic rings. The van der Waals surface area contributed by atoms with Crippen molar-refractivity contribution in [3.63, 3.8) is 0 Å². The van der Waals surface area contributed by atoms with Crippen LogP contribution >= 0.6 is 27.5 Å². The Morgan fingerprint density at radius 3 is 2.39 bits per heavy atom. The van der Waals surface area contributed by atoms with Crippen LogP contribution in [-0.2, 0) is 10.0 Å². The molecule has 1 atom stereocenters. The summed E-state index contributed by atoms with van der Waals surface area (Å²) in [6, 6.07) is 10.9. The van der Waals surface area contributed by atoms with E-state index in [9.17, 15) is 13.2 Å². The summed E-state index contributed by atoms with van der Waals surface area (Å²) < 4.78 is 23.3. The van der Waals surface area contributed by atoms with Crippen molar-refractivity contribution in [3.05, 3.63) is 63.1 Å². The SMILES string of the molecule is CC(NC(=O)c1cc(S(N)(=O)=O)ccc1Br)c1ccc(Cl)cc1. The maximum absolute atomic E-state index is 12.4. The number of hydrogen-bond acceptors (Lipinski definition) is 3. The highest BCUT2D eigenvalue weighted by molar-refractivity contribution is 9.10. The van der Waals surface area contributed by atoms with E-state index in [1.165, 1.54) is 18.2 Å². The number of benzene rings is 2. The zero-order valence-corrected chi connectivity index (χ0v) is 15.2. The highest BCUT2D eigenvalue weighted by Crippen LogP contribution is 2.22. The Hall–Kier alpha value is -1.41. The minimum Gasteiger partial charge on any atom is -0.345 e. The summed E-state index contributed by atoms with van der Waals surface area (Å²) in [5.41, 5.74) is 1.07. The third-order valence-electron chi connectivity index (χ3n) is 3.23. The molecular weight excluding hydrogens is 404 g/mol. The van der Waals surface area contributed by atoms with Gasteiger partial charge in [0.05, 0.1) is 16.5 Å². The van der Waals surface area contributed by atoms with Crippen LogP contribution in [0.15, 0.2) is 51.8 Å². The number of sulfonamides is 1. The first kappa shape index (κ1) is 17.9. The van der Waals surface area contributed by atoms with Gasteiger partial charge in [0.1, 0.15) is 0 Å². The largest absolute Gasteiger partial charge is 0.345 e. The third kappa shape index (κ3) is 4.54. The van der Waals surface area contributed by atoms with Gasteiger partial charge in [-0.15, -0.1) is 0 Å². The molecule has 0 spiro atoms. The zero-order valence-electron chi connectivity index (χ0n) is 12.1. The summed E-state index contributed by atoms with van der Waals surface area (Å²) in [5.74, 6) is -0.412. The fraction of sp³-hybridized carbons (Fsp3) is 0.133. The van der Waals surface area contributed by atoms with Gasteiger partial charge in [-0.05, 0) is 58.7 Å². The summed E-state index contributed by atoms with van der Waals surface area (Å²) in [6.45, 7) is 1.82. The number of carbonyl (C=O) groups excluding carboxylic acids is 1. The van der Waals surface area contributed by atoms with Crippen LogP contribution in [-0.4, -0.2) is 14.3 Å². The molecule has 0 aromatic heterocycles. The van der Waals surface area contributed by atoms with Crippen molar-refractivity contribution >= 4 is 43.5 Å². The van der Waals surface area contributed by atoms with Gasteiger partial charge < -0.3 is 5.32 Å². The minimum absolute atomic E-state index is 0.120. The molecule has 23 heavy (non-hydrogen) atoms. The maximum Gasteiger partial charge on any atom is 0.252 e. The van der Waals surface area contributed by atoms with Gasteiger partial charge in [-0.25, -0.2) is 13.6 Å². The zero-order chi connectivity index (χ0) is 17.2. The lowest BCUT2D eigenvalue weighted by Crippen LogP contribution is -2.27. The Morgan fingerprint density at radius 2 is 1.83 bits per heavy atom. The molecule has 2 aromatic carbocycles. The molecule has 1 unspecified atom stereocenters. The molecule has 0 aliphatic heterocycles. The van der Waals surface area contributed by atoms with Gasteiger partial charge in [-0.2, -0.15) is 0 Å². The Balaban J connectivity index is 2.25. The number of hydrogen-bond donors (Lipinski definition) is 2. The topological polar surface area (TPSA) is 89.3 Å². The molecule has 2 aromatic rings. The summed E-state index contributed by atoms with van der Waals surface area (Å²) >= 11 is 9.08. The first-order valence-electron chi connectivity index (χ1n) is 6.57. The molecule has 0 heterocycles. The average molecular weight is 418 g/mol. The first-order valence-corrected chi connectivity index (χ1v) is 9.29. The minimum atomic E-state index is -3.88. The monoisotopic (exact) mass is 416 g/mol. The van der Waals surface area contributed by atoms with Gasteiger partial charge >= 0.3 is 0 Å². The molecule has 0 radical (unpaired) electrons. The number of nitrogens with one attached hydrogen (secondary N) is 1. The number of halogens is 2.